The number of hydrogen-bond acceptors (Lipinski definition) is 1. The van der Waals surface area contributed by atoms with Crippen LogP contribution in [0.2, 0.25) is 5.15 Å². The summed E-state index contributed by atoms with van der Waals surface area (Å²) in [6.45, 7) is 0. The van der Waals surface area contributed by atoms with E-state index in [9.17, 15) is 0 Å². The normalized spacial score (nSPS) is 10.3. The van der Waals surface area contributed by atoms with Crippen molar-refractivity contribution in [2.45, 2.75) is 19.3 Å². The van der Waals surface area contributed by atoms with Gasteiger partial charge >= 0.3 is 0 Å². The molecule has 0 saturated carbocycles. The third-order valence-electron chi connectivity index (χ3n) is 2.56. The second kappa shape index (κ2) is 5.66. The molecule has 0 aliphatic rings. The van der Waals surface area contributed by atoms with Gasteiger partial charge in [0.2, 0.25) is 0 Å². The summed E-state index contributed by atoms with van der Waals surface area (Å²) in [7, 11) is 0. The number of aryl methyl sites for hydroxylation is 2. The third kappa shape index (κ3) is 3.35. The predicted octanol–water partition coefficient (Wildman–Crippen LogP) is 3.91. The van der Waals surface area contributed by atoms with Gasteiger partial charge in [-0.3, -0.25) is 0 Å². The van der Waals surface area contributed by atoms with Crippen LogP contribution >= 0.6 is 11.6 Å². The molecule has 82 valence electrons. The quantitative estimate of drug-likeness (QED) is 0.727. The molecule has 1 nitrogen and oxygen atoms in total. The Morgan fingerprint density at radius 1 is 0.938 bits per heavy atom. The Balaban J connectivity index is 1.85. The van der Waals surface area contributed by atoms with Crippen molar-refractivity contribution < 1.29 is 0 Å². The Morgan fingerprint density at radius 3 is 2.44 bits per heavy atom. The number of rotatable bonds is 4. The minimum Gasteiger partial charge on any atom is -0.245 e. The van der Waals surface area contributed by atoms with Gasteiger partial charge in [0.25, 0.3) is 0 Å². The molecule has 1 heterocycles. The second-order valence-corrected chi connectivity index (χ2v) is 4.21. The van der Waals surface area contributed by atoms with Crippen molar-refractivity contribution in [2.24, 2.45) is 0 Å². The summed E-state index contributed by atoms with van der Waals surface area (Å²) in [5.41, 5.74) is 2.65. The zero-order valence-electron chi connectivity index (χ0n) is 9.07. The highest BCUT2D eigenvalue weighted by atomic mass is 35.5. The van der Waals surface area contributed by atoms with E-state index in [1.807, 2.05) is 18.2 Å². The molecule has 0 spiro atoms. The van der Waals surface area contributed by atoms with Gasteiger partial charge in [-0.15, -0.1) is 0 Å². The maximum Gasteiger partial charge on any atom is 0.129 e. The largest absolute Gasteiger partial charge is 0.245 e. The Morgan fingerprint density at radius 2 is 1.69 bits per heavy atom. The minimum absolute atomic E-state index is 0.581. The standard InChI is InChI=1S/C14H14ClN/c15-14-11-13(9-10-16-14)8-4-7-12-5-2-1-3-6-12/h1-3,5-6,9-11H,4,7-8H2. The average Bonchev–Trinajstić information content (AvgIpc) is 2.30. The van der Waals surface area contributed by atoms with Crippen LogP contribution in [0.1, 0.15) is 17.5 Å². The molecule has 0 fully saturated rings. The molecule has 0 N–H and O–H groups in total. The fourth-order valence-corrected chi connectivity index (χ4v) is 1.94. The Kier molecular flexibility index (Phi) is 3.95. The Labute approximate surface area is 101 Å². The topological polar surface area (TPSA) is 12.9 Å². The number of pyridine rings is 1. The predicted molar refractivity (Wildman–Crippen MR) is 67.7 cm³/mol. The van der Waals surface area contributed by atoms with Gasteiger partial charge in [-0.2, -0.15) is 0 Å². The summed E-state index contributed by atoms with van der Waals surface area (Å²) >= 11 is 5.83. The van der Waals surface area contributed by atoms with Crippen molar-refractivity contribution in [1.82, 2.24) is 4.98 Å². The van der Waals surface area contributed by atoms with E-state index in [1.54, 1.807) is 6.20 Å². The zero-order chi connectivity index (χ0) is 11.2. The second-order valence-electron chi connectivity index (χ2n) is 3.83. The lowest BCUT2D eigenvalue weighted by atomic mass is 10.1. The van der Waals surface area contributed by atoms with E-state index in [2.05, 4.69) is 29.2 Å². The summed E-state index contributed by atoms with van der Waals surface area (Å²) in [5.74, 6) is 0. The molecule has 0 aliphatic carbocycles. The highest BCUT2D eigenvalue weighted by molar-refractivity contribution is 6.29. The van der Waals surface area contributed by atoms with Gasteiger partial charge in [-0.1, -0.05) is 41.9 Å². The molecule has 0 bridgehead atoms. The van der Waals surface area contributed by atoms with Crippen molar-refractivity contribution in [3.05, 3.63) is 64.9 Å². The molecule has 0 unspecified atom stereocenters. The van der Waals surface area contributed by atoms with Crippen LogP contribution in [0.5, 0.6) is 0 Å². The first-order valence-corrected chi connectivity index (χ1v) is 5.87. The summed E-state index contributed by atoms with van der Waals surface area (Å²) in [5, 5.41) is 0.581. The fourth-order valence-electron chi connectivity index (χ4n) is 1.74. The summed E-state index contributed by atoms with van der Waals surface area (Å²) in [4.78, 5) is 3.97. The molecular formula is C14H14ClN. The third-order valence-corrected chi connectivity index (χ3v) is 2.77. The van der Waals surface area contributed by atoms with Crippen molar-refractivity contribution in [3.63, 3.8) is 0 Å². The molecule has 0 saturated heterocycles. The van der Waals surface area contributed by atoms with Gasteiger partial charge in [0.05, 0.1) is 0 Å². The monoisotopic (exact) mass is 231 g/mol. The molecule has 0 atom stereocenters. The first kappa shape index (κ1) is 11.2. The summed E-state index contributed by atoms with van der Waals surface area (Å²) < 4.78 is 0. The minimum atomic E-state index is 0.581. The average molecular weight is 232 g/mol. The molecular weight excluding hydrogens is 218 g/mol. The molecule has 1 aromatic carbocycles. The molecule has 2 rings (SSSR count). The Hall–Kier alpha value is -1.34. The van der Waals surface area contributed by atoms with Crippen LogP contribution in [0.25, 0.3) is 0 Å². The van der Waals surface area contributed by atoms with E-state index in [0.29, 0.717) is 5.15 Å². The van der Waals surface area contributed by atoms with Crippen molar-refractivity contribution in [3.8, 4) is 0 Å². The van der Waals surface area contributed by atoms with Crippen LogP contribution in [0.3, 0.4) is 0 Å². The first-order valence-electron chi connectivity index (χ1n) is 5.49. The Bertz CT molecular complexity index is 439. The molecule has 1 aromatic heterocycles. The highest BCUT2D eigenvalue weighted by Crippen LogP contribution is 2.11. The van der Waals surface area contributed by atoms with E-state index in [-0.39, 0.29) is 0 Å². The van der Waals surface area contributed by atoms with Gasteiger partial charge in [0.15, 0.2) is 0 Å². The van der Waals surface area contributed by atoms with Gasteiger partial charge in [0, 0.05) is 6.20 Å². The SMILES string of the molecule is Clc1cc(CCCc2ccccc2)ccn1. The van der Waals surface area contributed by atoms with Crippen LogP contribution in [0.4, 0.5) is 0 Å². The molecule has 16 heavy (non-hydrogen) atoms. The van der Waals surface area contributed by atoms with E-state index < -0.39 is 0 Å². The number of halogens is 1. The van der Waals surface area contributed by atoms with Crippen molar-refractivity contribution in [1.29, 1.82) is 0 Å². The summed E-state index contributed by atoms with van der Waals surface area (Å²) in [6, 6.07) is 14.5. The maximum absolute atomic E-state index is 5.83. The van der Waals surface area contributed by atoms with Crippen molar-refractivity contribution in [2.75, 3.05) is 0 Å². The van der Waals surface area contributed by atoms with Gasteiger partial charge in [-0.25, -0.2) is 4.98 Å². The molecule has 2 heteroatoms. The number of aromatic nitrogens is 1. The first-order chi connectivity index (χ1) is 7.84. The number of nitrogens with zero attached hydrogens (tertiary/aromatic N) is 1. The highest BCUT2D eigenvalue weighted by Gasteiger charge is 1.96. The van der Waals surface area contributed by atoms with Crippen LogP contribution in [-0.2, 0) is 12.8 Å². The molecule has 2 aromatic rings. The van der Waals surface area contributed by atoms with E-state index in [0.717, 1.165) is 19.3 Å². The summed E-state index contributed by atoms with van der Waals surface area (Å²) in [6.07, 6.45) is 5.07. The van der Waals surface area contributed by atoms with Gasteiger partial charge in [0.1, 0.15) is 5.15 Å². The maximum atomic E-state index is 5.83. The van der Waals surface area contributed by atoms with Crippen LogP contribution in [0.15, 0.2) is 48.7 Å². The molecule has 0 amide bonds. The lowest BCUT2D eigenvalue weighted by molar-refractivity contribution is 0.819. The lowest BCUT2D eigenvalue weighted by Gasteiger charge is -2.02. The van der Waals surface area contributed by atoms with Crippen LogP contribution < -0.4 is 0 Å². The van der Waals surface area contributed by atoms with Crippen molar-refractivity contribution >= 4 is 11.6 Å². The van der Waals surface area contributed by atoms with Crippen LogP contribution in [-0.4, -0.2) is 4.98 Å². The molecule has 0 aliphatic heterocycles. The fraction of sp³-hybridized carbons (Fsp3) is 0.214. The van der Waals surface area contributed by atoms with E-state index in [4.69, 9.17) is 11.6 Å². The smallest absolute Gasteiger partial charge is 0.129 e. The van der Waals surface area contributed by atoms with Gasteiger partial charge < -0.3 is 0 Å². The van der Waals surface area contributed by atoms with Crippen LogP contribution in [0, 0.1) is 0 Å². The van der Waals surface area contributed by atoms with E-state index >= 15 is 0 Å². The number of hydrogen-bond donors (Lipinski definition) is 0. The van der Waals surface area contributed by atoms with E-state index in [1.165, 1.54) is 11.1 Å². The zero-order valence-corrected chi connectivity index (χ0v) is 9.82. The van der Waals surface area contributed by atoms with Gasteiger partial charge in [-0.05, 0) is 42.5 Å². The number of benzene rings is 1. The molecule has 0 radical (unpaired) electrons. The lowest BCUT2D eigenvalue weighted by Crippen LogP contribution is -1.90.